The Labute approximate surface area is 159 Å². The molecule has 0 saturated carbocycles. The summed E-state index contributed by atoms with van der Waals surface area (Å²) >= 11 is 0. The standard InChI is InChI=1S/C17H19F3N6O2/c1-2-24-7-9-25(10-8-24)16-14(26(27)28)15(21-11-22-16)23-13-5-3-12(4-6-13)17(18,19)20/h3-6,11H,2,7-10H2,1H3,(H,21,22,23). The van der Waals surface area contributed by atoms with E-state index in [0.717, 1.165) is 31.8 Å². The molecule has 2 heterocycles. The van der Waals surface area contributed by atoms with Gasteiger partial charge in [0.15, 0.2) is 0 Å². The van der Waals surface area contributed by atoms with E-state index in [-0.39, 0.29) is 23.0 Å². The van der Waals surface area contributed by atoms with Crippen LogP contribution in [0, 0.1) is 10.1 Å². The molecule has 0 spiro atoms. The van der Waals surface area contributed by atoms with E-state index in [4.69, 9.17) is 0 Å². The molecule has 1 fully saturated rings. The van der Waals surface area contributed by atoms with E-state index >= 15 is 0 Å². The Balaban J connectivity index is 1.86. The van der Waals surface area contributed by atoms with Gasteiger partial charge in [-0.25, -0.2) is 9.97 Å². The van der Waals surface area contributed by atoms with Crippen molar-refractivity contribution in [3.8, 4) is 0 Å². The van der Waals surface area contributed by atoms with Crippen molar-refractivity contribution in [2.75, 3.05) is 42.9 Å². The van der Waals surface area contributed by atoms with Crippen LogP contribution in [0.25, 0.3) is 0 Å². The third kappa shape index (κ3) is 4.30. The Kier molecular flexibility index (Phi) is 5.63. The molecule has 28 heavy (non-hydrogen) atoms. The number of hydrogen-bond acceptors (Lipinski definition) is 7. The lowest BCUT2D eigenvalue weighted by Gasteiger charge is -2.34. The minimum absolute atomic E-state index is 0.0623. The van der Waals surface area contributed by atoms with E-state index in [2.05, 4.69) is 27.1 Å². The zero-order valence-electron chi connectivity index (χ0n) is 15.1. The van der Waals surface area contributed by atoms with Crippen molar-refractivity contribution >= 4 is 23.0 Å². The molecule has 0 bridgehead atoms. The molecule has 1 aliphatic heterocycles. The lowest BCUT2D eigenvalue weighted by atomic mass is 10.2. The third-order valence-electron chi connectivity index (χ3n) is 4.58. The Morgan fingerprint density at radius 2 is 1.79 bits per heavy atom. The van der Waals surface area contributed by atoms with E-state index in [9.17, 15) is 23.3 Å². The molecule has 11 heteroatoms. The molecule has 1 N–H and O–H groups in total. The van der Waals surface area contributed by atoms with Crippen LogP contribution < -0.4 is 10.2 Å². The van der Waals surface area contributed by atoms with E-state index in [0.29, 0.717) is 13.1 Å². The van der Waals surface area contributed by atoms with Gasteiger partial charge >= 0.3 is 11.9 Å². The van der Waals surface area contributed by atoms with Crippen molar-refractivity contribution in [2.45, 2.75) is 13.1 Å². The molecule has 1 aliphatic rings. The molecule has 0 unspecified atom stereocenters. The van der Waals surface area contributed by atoms with Crippen LogP contribution in [-0.2, 0) is 6.18 Å². The van der Waals surface area contributed by atoms with Crippen LogP contribution >= 0.6 is 0 Å². The van der Waals surface area contributed by atoms with Crippen LogP contribution in [0.15, 0.2) is 30.6 Å². The number of nitrogens with one attached hydrogen (secondary N) is 1. The normalized spacial score (nSPS) is 15.5. The van der Waals surface area contributed by atoms with Gasteiger partial charge in [0.1, 0.15) is 6.33 Å². The fraction of sp³-hybridized carbons (Fsp3) is 0.412. The number of halogens is 3. The van der Waals surface area contributed by atoms with Crippen molar-refractivity contribution in [1.29, 1.82) is 0 Å². The first kappa shape index (κ1) is 19.8. The van der Waals surface area contributed by atoms with Crippen LogP contribution in [0.5, 0.6) is 0 Å². The monoisotopic (exact) mass is 396 g/mol. The van der Waals surface area contributed by atoms with E-state index in [1.54, 1.807) is 0 Å². The van der Waals surface area contributed by atoms with Gasteiger partial charge < -0.3 is 15.1 Å². The van der Waals surface area contributed by atoms with Crippen LogP contribution in [-0.4, -0.2) is 52.5 Å². The molecule has 1 saturated heterocycles. The van der Waals surface area contributed by atoms with Crippen molar-refractivity contribution in [1.82, 2.24) is 14.9 Å². The maximum absolute atomic E-state index is 12.7. The largest absolute Gasteiger partial charge is 0.416 e. The molecule has 0 atom stereocenters. The average Bonchev–Trinajstić information content (AvgIpc) is 2.67. The number of aromatic nitrogens is 2. The van der Waals surface area contributed by atoms with Gasteiger partial charge in [0.05, 0.1) is 10.5 Å². The zero-order chi connectivity index (χ0) is 20.3. The van der Waals surface area contributed by atoms with Crippen molar-refractivity contribution in [3.05, 3.63) is 46.3 Å². The number of anilines is 3. The van der Waals surface area contributed by atoms with E-state index in [1.165, 1.54) is 18.5 Å². The Bertz CT molecular complexity index is 836. The molecule has 2 aromatic rings. The number of piperazine rings is 1. The lowest BCUT2D eigenvalue weighted by molar-refractivity contribution is -0.383. The number of rotatable bonds is 5. The SMILES string of the molecule is CCN1CCN(c2ncnc(Nc3ccc(C(F)(F)F)cc3)c2[N+](=O)[O-])CC1. The summed E-state index contributed by atoms with van der Waals surface area (Å²) in [5, 5.41) is 14.4. The smallest absolute Gasteiger partial charge is 0.348 e. The van der Waals surface area contributed by atoms with Gasteiger partial charge in [-0.1, -0.05) is 6.92 Å². The molecule has 0 amide bonds. The number of nitro groups is 1. The molecule has 3 rings (SSSR count). The summed E-state index contributed by atoms with van der Waals surface area (Å²) in [6, 6.07) is 4.21. The second-order valence-electron chi connectivity index (χ2n) is 6.27. The summed E-state index contributed by atoms with van der Waals surface area (Å²) in [5.74, 6) is 0.137. The molecule has 1 aromatic heterocycles. The summed E-state index contributed by atoms with van der Waals surface area (Å²) in [6.07, 6.45) is -3.24. The maximum atomic E-state index is 12.7. The maximum Gasteiger partial charge on any atom is 0.416 e. The van der Waals surface area contributed by atoms with Crippen molar-refractivity contribution < 1.29 is 18.1 Å². The first-order valence-corrected chi connectivity index (χ1v) is 8.70. The Morgan fingerprint density at radius 1 is 1.14 bits per heavy atom. The summed E-state index contributed by atoms with van der Waals surface area (Å²) in [6.45, 7) is 5.66. The summed E-state index contributed by atoms with van der Waals surface area (Å²) in [7, 11) is 0. The Morgan fingerprint density at radius 3 is 2.32 bits per heavy atom. The van der Waals surface area contributed by atoms with Crippen LogP contribution in [0.3, 0.4) is 0 Å². The fourth-order valence-corrected chi connectivity index (χ4v) is 3.02. The topological polar surface area (TPSA) is 87.4 Å². The van der Waals surface area contributed by atoms with Gasteiger partial charge in [-0.15, -0.1) is 0 Å². The van der Waals surface area contributed by atoms with Crippen molar-refractivity contribution in [3.63, 3.8) is 0 Å². The molecular formula is C17H19F3N6O2. The number of alkyl halides is 3. The lowest BCUT2D eigenvalue weighted by Crippen LogP contribution is -2.46. The highest BCUT2D eigenvalue weighted by atomic mass is 19.4. The quantitative estimate of drug-likeness (QED) is 0.613. The fourth-order valence-electron chi connectivity index (χ4n) is 3.02. The number of nitrogens with zero attached hydrogens (tertiary/aromatic N) is 5. The van der Waals surface area contributed by atoms with Crippen molar-refractivity contribution in [2.24, 2.45) is 0 Å². The molecular weight excluding hydrogens is 377 g/mol. The second kappa shape index (κ2) is 7.97. The summed E-state index contributed by atoms with van der Waals surface area (Å²) < 4.78 is 38.1. The van der Waals surface area contributed by atoms with E-state index < -0.39 is 16.7 Å². The van der Waals surface area contributed by atoms with E-state index in [1.807, 2.05) is 4.90 Å². The van der Waals surface area contributed by atoms with Gasteiger partial charge in [-0.3, -0.25) is 10.1 Å². The van der Waals surface area contributed by atoms with Gasteiger partial charge in [0.25, 0.3) is 0 Å². The van der Waals surface area contributed by atoms with Crippen LogP contribution in [0.1, 0.15) is 12.5 Å². The highest BCUT2D eigenvalue weighted by molar-refractivity contribution is 5.74. The minimum Gasteiger partial charge on any atom is -0.348 e. The van der Waals surface area contributed by atoms with Gasteiger partial charge in [-0.05, 0) is 30.8 Å². The highest BCUT2D eigenvalue weighted by Crippen LogP contribution is 2.35. The first-order chi connectivity index (χ1) is 13.3. The van der Waals surface area contributed by atoms with Gasteiger partial charge in [-0.2, -0.15) is 13.2 Å². The van der Waals surface area contributed by atoms with Gasteiger partial charge in [0.2, 0.25) is 11.6 Å². The van der Waals surface area contributed by atoms with Crippen LogP contribution in [0.4, 0.5) is 36.2 Å². The molecule has 8 nitrogen and oxygen atoms in total. The Hall–Kier alpha value is -2.95. The predicted molar refractivity (Wildman–Crippen MR) is 97.7 cm³/mol. The van der Waals surface area contributed by atoms with Gasteiger partial charge in [0, 0.05) is 31.9 Å². The molecule has 0 aliphatic carbocycles. The predicted octanol–water partition coefficient (Wildman–Crippen LogP) is 3.29. The number of benzene rings is 1. The first-order valence-electron chi connectivity index (χ1n) is 8.70. The minimum atomic E-state index is -4.45. The number of hydrogen-bond donors (Lipinski definition) is 1. The highest BCUT2D eigenvalue weighted by Gasteiger charge is 2.31. The zero-order valence-corrected chi connectivity index (χ0v) is 15.1. The second-order valence-corrected chi connectivity index (χ2v) is 6.27. The molecule has 1 aromatic carbocycles. The molecule has 150 valence electrons. The summed E-state index contributed by atoms with van der Waals surface area (Å²) in [5.41, 5.74) is -0.839. The third-order valence-corrected chi connectivity index (χ3v) is 4.58. The van der Waals surface area contributed by atoms with Crippen LogP contribution in [0.2, 0.25) is 0 Å². The number of likely N-dealkylation sites (N-methyl/N-ethyl adjacent to an activating group) is 1. The average molecular weight is 396 g/mol. The molecule has 0 radical (unpaired) electrons. The summed E-state index contributed by atoms with van der Waals surface area (Å²) in [4.78, 5) is 23.2.